The maximum absolute atomic E-state index is 14.2. The van der Waals surface area contributed by atoms with Gasteiger partial charge in [-0.3, -0.25) is 14.9 Å². The zero-order valence-electron chi connectivity index (χ0n) is 13.7. The summed E-state index contributed by atoms with van der Waals surface area (Å²) in [6.07, 6.45) is 0. The molecule has 2 aromatic carbocycles. The fraction of sp³-hybridized carbons (Fsp3) is 0.176. The largest absolute Gasteiger partial charge is 0.383 e. The number of fused-ring (bicyclic) bond motifs is 1. The molecule has 0 saturated carbocycles. The number of hydrogen-bond acceptors (Lipinski definition) is 5. The van der Waals surface area contributed by atoms with Crippen LogP contribution in [0, 0.1) is 15.9 Å². The van der Waals surface area contributed by atoms with Crippen LogP contribution < -0.4 is 4.80 Å². The van der Waals surface area contributed by atoms with E-state index >= 15 is 0 Å². The molecule has 1 aromatic heterocycles. The van der Waals surface area contributed by atoms with Gasteiger partial charge in [-0.1, -0.05) is 23.5 Å². The molecule has 1 heterocycles. The first-order valence-corrected chi connectivity index (χ1v) is 8.43. The smallest absolute Gasteiger partial charge is 0.279 e. The van der Waals surface area contributed by atoms with Crippen LogP contribution in [0.25, 0.3) is 10.2 Å². The monoisotopic (exact) mass is 375 g/mol. The number of amides is 1. The molecule has 0 aliphatic carbocycles. The number of para-hydroxylation sites is 1. The number of nitro benzene ring substituents is 1. The number of halogens is 1. The van der Waals surface area contributed by atoms with Crippen molar-refractivity contribution in [2.24, 2.45) is 4.99 Å². The predicted octanol–water partition coefficient (Wildman–Crippen LogP) is 3.14. The van der Waals surface area contributed by atoms with Crippen LogP contribution in [-0.2, 0) is 11.3 Å². The minimum Gasteiger partial charge on any atom is -0.383 e. The molecule has 0 aliphatic heterocycles. The molecular weight excluding hydrogens is 361 g/mol. The van der Waals surface area contributed by atoms with Crippen molar-refractivity contribution in [3.05, 3.63) is 68.8 Å². The van der Waals surface area contributed by atoms with Gasteiger partial charge in [-0.15, -0.1) is 0 Å². The lowest BCUT2D eigenvalue weighted by Crippen LogP contribution is -2.19. The molecule has 3 aromatic rings. The van der Waals surface area contributed by atoms with Crippen LogP contribution in [0.5, 0.6) is 0 Å². The number of non-ortho nitro benzene ring substituents is 1. The zero-order chi connectivity index (χ0) is 18.7. The molecular formula is C17H14FN3O4S. The first-order valence-electron chi connectivity index (χ1n) is 7.61. The third kappa shape index (κ3) is 3.53. The van der Waals surface area contributed by atoms with E-state index in [9.17, 15) is 19.3 Å². The molecule has 26 heavy (non-hydrogen) atoms. The van der Waals surface area contributed by atoms with E-state index in [1.165, 1.54) is 48.8 Å². The van der Waals surface area contributed by atoms with E-state index in [0.29, 0.717) is 28.2 Å². The number of nitro groups is 1. The molecule has 9 heteroatoms. The number of thiazole rings is 1. The van der Waals surface area contributed by atoms with Gasteiger partial charge in [0, 0.05) is 31.4 Å². The van der Waals surface area contributed by atoms with Gasteiger partial charge in [0.1, 0.15) is 5.82 Å². The number of rotatable bonds is 5. The summed E-state index contributed by atoms with van der Waals surface area (Å²) in [5, 5.41) is 10.9. The Labute approximate surface area is 151 Å². The number of carbonyl (C=O) groups is 1. The molecule has 0 N–H and O–H groups in total. The lowest BCUT2D eigenvalue weighted by molar-refractivity contribution is -0.384. The van der Waals surface area contributed by atoms with Crippen molar-refractivity contribution in [3.63, 3.8) is 0 Å². The molecule has 0 saturated heterocycles. The van der Waals surface area contributed by atoms with Gasteiger partial charge in [-0.05, 0) is 18.2 Å². The Hall–Kier alpha value is -2.91. The summed E-state index contributed by atoms with van der Waals surface area (Å²) in [6.45, 7) is 0.636. The van der Waals surface area contributed by atoms with Gasteiger partial charge in [0.15, 0.2) is 4.80 Å². The Kier molecular flexibility index (Phi) is 5.19. The molecule has 0 atom stereocenters. The van der Waals surface area contributed by atoms with Crippen LogP contribution in [0.15, 0.2) is 47.5 Å². The molecule has 0 aliphatic rings. The standard InChI is InChI=1S/C17H14FN3O4S/c1-25-9-8-20-15-13(18)6-3-7-14(15)26-17(20)19-16(22)11-4-2-5-12(10-11)21(23)24/h2-7,10H,8-9H2,1H3. The average Bonchev–Trinajstić information content (AvgIpc) is 2.98. The van der Waals surface area contributed by atoms with Crippen LogP contribution in [0.3, 0.4) is 0 Å². The Bertz CT molecular complexity index is 1060. The van der Waals surface area contributed by atoms with Gasteiger partial charge >= 0.3 is 0 Å². The highest BCUT2D eigenvalue weighted by Crippen LogP contribution is 2.20. The van der Waals surface area contributed by atoms with Crippen molar-refractivity contribution in [1.82, 2.24) is 4.57 Å². The van der Waals surface area contributed by atoms with Gasteiger partial charge in [-0.2, -0.15) is 4.99 Å². The topological polar surface area (TPSA) is 86.7 Å². The minimum absolute atomic E-state index is 0.0930. The zero-order valence-corrected chi connectivity index (χ0v) is 14.5. The number of benzene rings is 2. The molecule has 0 radical (unpaired) electrons. The summed E-state index contributed by atoms with van der Waals surface area (Å²) in [7, 11) is 1.52. The molecule has 0 bridgehead atoms. The van der Waals surface area contributed by atoms with Crippen LogP contribution in [0.2, 0.25) is 0 Å². The number of nitrogens with zero attached hydrogens (tertiary/aromatic N) is 3. The summed E-state index contributed by atoms with van der Waals surface area (Å²) < 4.78 is 21.5. The van der Waals surface area contributed by atoms with Crippen molar-refractivity contribution in [3.8, 4) is 0 Å². The molecule has 0 fully saturated rings. The van der Waals surface area contributed by atoms with Crippen molar-refractivity contribution in [2.75, 3.05) is 13.7 Å². The third-order valence-corrected chi connectivity index (χ3v) is 4.72. The highest BCUT2D eigenvalue weighted by Gasteiger charge is 2.14. The van der Waals surface area contributed by atoms with Gasteiger partial charge in [0.25, 0.3) is 11.6 Å². The summed E-state index contributed by atoms with van der Waals surface area (Å²) in [4.78, 5) is 27.1. The van der Waals surface area contributed by atoms with Gasteiger partial charge in [-0.25, -0.2) is 4.39 Å². The fourth-order valence-electron chi connectivity index (χ4n) is 2.47. The fourth-order valence-corrected chi connectivity index (χ4v) is 3.54. The Balaban J connectivity index is 2.11. The van der Waals surface area contributed by atoms with E-state index in [2.05, 4.69) is 4.99 Å². The van der Waals surface area contributed by atoms with E-state index in [1.54, 1.807) is 16.7 Å². The Morgan fingerprint density at radius 1 is 1.35 bits per heavy atom. The molecule has 134 valence electrons. The van der Waals surface area contributed by atoms with E-state index in [1.807, 2.05) is 0 Å². The van der Waals surface area contributed by atoms with Crippen molar-refractivity contribution < 1.29 is 18.8 Å². The second-order valence-electron chi connectivity index (χ2n) is 5.34. The molecule has 3 rings (SSSR count). The number of hydrogen-bond donors (Lipinski definition) is 0. The first-order chi connectivity index (χ1) is 12.5. The minimum atomic E-state index is -0.633. The third-order valence-electron chi connectivity index (χ3n) is 3.67. The van der Waals surface area contributed by atoms with E-state index in [0.717, 1.165) is 0 Å². The van der Waals surface area contributed by atoms with E-state index < -0.39 is 16.6 Å². The van der Waals surface area contributed by atoms with Crippen molar-refractivity contribution in [1.29, 1.82) is 0 Å². The summed E-state index contributed by atoms with van der Waals surface area (Å²) >= 11 is 1.17. The first kappa shape index (κ1) is 17.9. The molecule has 7 nitrogen and oxygen atoms in total. The summed E-state index contributed by atoms with van der Waals surface area (Å²) in [5.74, 6) is -1.05. The number of carbonyl (C=O) groups excluding carboxylic acids is 1. The normalized spacial score (nSPS) is 11.8. The second kappa shape index (κ2) is 7.54. The van der Waals surface area contributed by atoms with Gasteiger partial charge in [0.05, 0.1) is 21.7 Å². The van der Waals surface area contributed by atoms with Crippen LogP contribution in [0.1, 0.15) is 10.4 Å². The summed E-state index contributed by atoms with van der Waals surface area (Å²) in [5.41, 5.74) is 0.247. The van der Waals surface area contributed by atoms with Crippen LogP contribution in [0.4, 0.5) is 10.1 Å². The SMILES string of the molecule is COCCn1c(=NC(=O)c2cccc([N+](=O)[O-])c2)sc2cccc(F)c21. The summed E-state index contributed by atoms with van der Waals surface area (Å²) in [6, 6.07) is 10.00. The lowest BCUT2D eigenvalue weighted by atomic mass is 10.2. The van der Waals surface area contributed by atoms with E-state index in [4.69, 9.17) is 4.74 Å². The number of ether oxygens (including phenoxy) is 1. The van der Waals surface area contributed by atoms with Crippen molar-refractivity contribution >= 4 is 33.1 Å². The van der Waals surface area contributed by atoms with Crippen LogP contribution >= 0.6 is 11.3 Å². The Morgan fingerprint density at radius 2 is 2.12 bits per heavy atom. The maximum atomic E-state index is 14.2. The average molecular weight is 375 g/mol. The Morgan fingerprint density at radius 3 is 2.85 bits per heavy atom. The molecule has 0 spiro atoms. The van der Waals surface area contributed by atoms with Gasteiger partial charge in [0.2, 0.25) is 0 Å². The quantitative estimate of drug-likeness (QED) is 0.506. The highest BCUT2D eigenvalue weighted by molar-refractivity contribution is 7.16. The lowest BCUT2D eigenvalue weighted by Gasteiger charge is -2.04. The number of aromatic nitrogens is 1. The van der Waals surface area contributed by atoms with E-state index in [-0.39, 0.29) is 11.3 Å². The van der Waals surface area contributed by atoms with Gasteiger partial charge < -0.3 is 9.30 Å². The number of methoxy groups -OCH3 is 1. The molecule has 1 amide bonds. The molecule has 0 unspecified atom stereocenters. The van der Waals surface area contributed by atoms with Crippen LogP contribution in [-0.4, -0.2) is 29.1 Å². The maximum Gasteiger partial charge on any atom is 0.279 e. The second-order valence-corrected chi connectivity index (χ2v) is 6.35. The van der Waals surface area contributed by atoms with Crippen molar-refractivity contribution in [2.45, 2.75) is 6.54 Å². The highest BCUT2D eigenvalue weighted by atomic mass is 32.1. The predicted molar refractivity (Wildman–Crippen MR) is 94.6 cm³/mol.